The molecule has 1 rings (SSSR count). The van der Waals surface area contributed by atoms with Gasteiger partial charge < -0.3 is 20.9 Å². The SMILES string of the molecule is CC[Si](O)(CC)CC.O.O.Oc1ccccc1.[Ti]. The fraction of sp³-hybridized carbons (Fsp3) is 0.500. The molecule has 0 aliphatic carbocycles. The Morgan fingerprint density at radius 1 is 0.889 bits per heavy atom. The quantitative estimate of drug-likeness (QED) is 0.830. The van der Waals surface area contributed by atoms with E-state index in [1.807, 2.05) is 6.07 Å². The predicted molar refractivity (Wildman–Crippen MR) is 74.8 cm³/mol. The van der Waals surface area contributed by atoms with Crippen LogP contribution in [0.2, 0.25) is 18.1 Å². The molecule has 1 aromatic carbocycles. The van der Waals surface area contributed by atoms with Crippen molar-refractivity contribution >= 4 is 8.32 Å². The number of phenolic OH excluding ortho intramolecular Hbond substituents is 1. The van der Waals surface area contributed by atoms with Crippen molar-refractivity contribution in [1.82, 2.24) is 0 Å². The van der Waals surface area contributed by atoms with Crippen LogP contribution in [0.15, 0.2) is 30.3 Å². The Hall–Kier alpha value is -0.169. The molecule has 0 aliphatic rings. The average molecular weight is 310 g/mol. The Bertz CT molecular complexity index is 247. The van der Waals surface area contributed by atoms with Crippen LogP contribution in [0.5, 0.6) is 5.75 Å². The molecule has 0 amide bonds. The molecular formula is C12H26O4SiTi. The Morgan fingerprint density at radius 3 is 1.33 bits per heavy atom. The summed E-state index contributed by atoms with van der Waals surface area (Å²) in [5.74, 6) is 0.322. The fourth-order valence-electron chi connectivity index (χ4n) is 1.18. The van der Waals surface area contributed by atoms with Gasteiger partial charge in [0, 0.05) is 21.7 Å². The normalized spacial score (nSPS) is 8.67. The number of hydrogen-bond acceptors (Lipinski definition) is 2. The summed E-state index contributed by atoms with van der Waals surface area (Å²) in [6.07, 6.45) is 0. The molecule has 0 aromatic heterocycles. The molecule has 0 atom stereocenters. The minimum atomic E-state index is -1.67. The molecule has 0 saturated carbocycles. The molecular weight excluding hydrogens is 284 g/mol. The van der Waals surface area contributed by atoms with Crippen molar-refractivity contribution in [2.75, 3.05) is 0 Å². The summed E-state index contributed by atoms with van der Waals surface area (Å²) >= 11 is 0. The van der Waals surface area contributed by atoms with Crippen molar-refractivity contribution in [2.45, 2.75) is 38.9 Å². The summed E-state index contributed by atoms with van der Waals surface area (Å²) in [7, 11) is -1.67. The van der Waals surface area contributed by atoms with Crippen LogP contribution in [0.4, 0.5) is 0 Å². The van der Waals surface area contributed by atoms with Gasteiger partial charge in [-0.2, -0.15) is 0 Å². The number of hydrogen-bond donors (Lipinski definition) is 2. The second-order valence-electron chi connectivity index (χ2n) is 3.62. The summed E-state index contributed by atoms with van der Waals surface area (Å²) in [6, 6.07) is 11.8. The fourth-order valence-corrected chi connectivity index (χ4v) is 2.68. The van der Waals surface area contributed by atoms with Gasteiger partial charge in [0.2, 0.25) is 0 Å². The van der Waals surface area contributed by atoms with Crippen LogP contribution in [0.3, 0.4) is 0 Å². The number of phenols is 1. The van der Waals surface area contributed by atoms with E-state index < -0.39 is 8.32 Å². The summed E-state index contributed by atoms with van der Waals surface area (Å²) in [6.45, 7) is 6.25. The first-order chi connectivity index (χ1) is 7.08. The topological polar surface area (TPSA) is 103 Å². The first kappa shape index (κ1) is 26.4. The standard InChI is InChI=1S/C6H16OSi.C6H6O.2H2O.Ti/c1-4-8(7,5-2)6-3;7-6-4-2-1-3-5-6;;;/h7H,4-6H2,1-3H3;1-5,7H;2*1H2;. The van der Waals surface area contributed by atoms with E-state index >= 15 is 0 Å². The van der Waals surface area contributed by atoms with Crippen molar-refractivity contribution in [3.05, 3.63) is 30.3 Å². The molecule has 0 unspecified atom stereocenters. The molecule has 0 radical (unpaired) electrons. The number of rotatable bonds is 3. The minimum absolute atomic E-state index is 0. The predicted octanol–water partition coefficient (Wildman–Crippen LogP) is 1.72. The van der Waals surface area contributed by atoms with Crippen LogP contribution in [0.1, 0.15) is 20.8 Å². The third-order valence-corrected chi connectivity index (χ3v) is 6.68. The smallest absolute Gasteiger partial charge is 0.187 e. The van der Waals surface area contributed by atoms with Crippen LogP contribution < -0.4 is 0 Å². The van der Waals surface area contributed by atoms with Gasteiger partial charge in [-0.05, 0) is 30.3 Å². The van der Waals surface area contributed by atoms with Gasteiger partial charge in [0.1, 0.15) is 5.75 Å². The first-order valence-corrected chi connectivity index (χ1v) is 8.11. The zero-order valence-corrected chi connectivity index (χ0v) is 14.0. The molecule has 18 heavy (non-hydrogen) atoms. The second-order valence-corrected chi connectivity index (χ2v) is 8.19. The number of para-hydroxylation sites is 1. The van der Waals surface area contributed by atoms with Crippen molar-refractivity contribution in [3.8, 4) is 5.75 Å². The van der Waals surface area contributed by atoms with Crippen molar-refractivity contribution in [3.63, 3.8) is 0 Å². The van der Waals surface area contributed by atoms with Crippen molar-refractivity contribution < 1.29 is 42.6 Å². The minimum Gasteiger partial charge on any atom is -0.508 e. The summed E-state index contributed by atoms with van der Waals surface area (Å²) in [4.78, 5) is 9.58. The van der Waals surface area contributed by atoms with Crippen LogP contribution in [-0.4, -0.2) is 29.2 Å². The average Bonchev–Trinajstić information content (AvgIpc) is 2.30. The van der Waals surface area contributed by atoms with Crippen molar-refractivity contribution in [2.24, 2.45) is 0 Å². The van der Waals surface area contributed by atoms with E-state index in [1.54, 1.807) is 24.3 Å². The summed E-state index contributed by atoms with van der Waals surface area (Å²) in [5, 5.41) is 8.63. The summed E-state index contributed by atoms with van der Waals surface area (Å²) in [5.41, 5.74) is 0. The zero-order valence-electron chi connectivity index (χ0n) is 11.4. The van der Waals surface area contributed by atoms with E-state index in [-0.39, 0.29) is 32.7 Å². The van der Waals surface area contributed by atoms with Gasteiger partial charge in [0.15, 0.2) is 8.32 Å². The molecule has 106 valence electrons. The maximum Gasteiger partial charge on any atom is 0.187 e. The third kappa shape index (κ3) is 12.3. The summed E-state index contributed by atoms with van der Waals surface area (Å²) < 4.78 is 0. The maximum atomic E-state index is 9.58. The molecule has 0 bridgehead atoms. The largest absolute Gasteiger partial charge is 0.508 e. The van der Waals surface area contributed by atoms with Gasteiger partial charge in [-0.25, -0.2) is 0 Å². The molecule has 0 spiro atoms. The monoisotopic (exact) mass is 310 g/mol. The van der Waals surface area contributed by atoms with Gasteiger partial charge in [0.05, 0.1) is 0 Å². The number of benzene rings is 1. The first-order valence-electron chi connectivity index (χ1n) is 5.54. The third-order valence-electron chi connectivity index (χ3n) is 2.73. The Morgan fingerprint density at radius 2 is 1.22 bits per heavy atom. The van der Waals surface area contributed by atoms with Gasteiger partial charge in [-0.3, -0.25) is 0 Å². The van der Waals surface area contributed by atoms with E-state index in [9.17, 15) is 4.80 Å². The molecule has 0 saturated heterocycles. The molecule has 1 aromatic rings. The van der Waals surface area contributed by atoms with Crippen LogP contribution in [0.25, 0.3) is 0 Å². The molecule has 0 aliphatic heterocycles. The van der Waals surface area contributed by atoms with Gasteiger partial charge in [0.25, 0.3) is 0 Å². The molecule has 6 heteroatoms. The van der Waals surface area contributed by atoms with Gasteiger partial charge in [-0.15, -0.1) is 0 Å². The molecule has 4 nitrogen and oxygen atoms in total. The molecule has 0 fully saturated rings. The van der Waals surface area contributed by atoms with Crippen LogP contribution in [0, 0.1) is 0 Å². The van der Waals surface area contributed by atoms with E-state index in [4.69, 9.17) is 5.11 Å². The maximum absolute atomic E-state index is 9.58. The zero-order chi connectivity index (χ0) is 11.7. The van der Waals surface area contributed by atoms with Crippen molar-refractivity contribution in [1.29, 1.82) is 0 Å². The van der Waals surface area contributed by atoms with Gasteiger partial charge in [-0.1, -0.05) is 39.0 Å². The Balaban J connectivity index is -0.0000000935. The van der Waals surface area contributed by atoms with Gasteiger partial charge >= 0.3 is 0 Å². The molecule has 6 N–H and O–H groups in total. The van der Waals surface area contributed by atoms with Crippen LogP contribution in [-0.2, 0) is 21.7 Å². The molecule has 0 heterocycles. The van der Waals surface area contributed by atoms with E-state index in [2.05, 4.69) is 20.8 Å². The van der Waals surface area contributed by atoms with E-state index in [0.29, 0.717) is 5.75 Å². The van der Waals surface area contributed by atoms with E-state index in [1.165, 1.54) is 0 Å². The second kappa shape index (κ2) is 14.9. The van der Waals surface area contributed by atoms with E-state index in [0.717, 1.165) is 18.1 Å². The Kier molecular flexibility index (Phi) is 21.8. The Labute approximate surface area is 126 Å². The number of aromatic hydroxyl groups is 1. The van der Waals surface area contributed by atoms with Crippen LogP contribution >= 0.6 is 0 Å².